The first-order valence-electron chi connectivity index (χ1n) is 20.2. The molecule has 322 valence electrons. The molecule has 3 heterocycles. The Hall–Kier alpha value is -5.15. The zero-order chi connectivity index (χ0) is 43.6. The topological polar surface area (TPSA) is 204 Å². The van der Waals surface area contributed by atoms with Crippen molar-refractivity contribution in [2.75, 3.05) is 21.1 Å². The van der Waals surface area contributed by atoms with Crippen LogP contribution in [0.1, 0.15) is 86.3 Å². The van der Waals surface area contributed by atoms with Crippen LogP contribution in [0.15, 0.2) is 46.0 Å². The number of hydrogen-bond acceptors (Lipinski definition) is 9. The maximum absolute atomic E-state index is 14.4. The minimum Gasteiger partial charge on any atom is -0.472 e. The lowest BCUT2D eigenvalue weighted by atomic mass is 9.95. The van der Waals surface area contributed by atoms with Crippen molar-refractivity contribution in [1.82, 2.24) is 36.0 Å². The van der Waals surface area contributed by atoms with Crippen LogP contribution in [0, 0.1) is 23.7 Å². The van der Waals surface area contributed by atoms with Gasteiger partial charge in [-0.2, -0.15) is 0 Å². The third-order valence-corrected chi connectivity index (χ3v) is 11.1. The van der Waals surface area contributed by atoms with E-state index >= 15 is 0 Å². The number of hydrogen-bond donors (Lipinski definition) is 4. The van der Waals surface area contributed by atoms with E-state index in [1.165, 1.54) is 60.9 Å². The van der Waals surface area contributed by atoms with Gasteiger partial charge in [-0.05, 0) is 60.3 Å². The van der Waals surface area contributed by atoms with Crippen molar-refractivity contribution in [2.45, 2.75) is 130 Å². The number of carbonyl (C=O) groups is 7. The van der Waals surface area contributed by atoms with E-state index in [0.717, 1.165) is 0 Å². The number of amides is 7. The molecule has 7 amide bonds. The maximum atomic E-state index is 14.4. The van der Waals surface area contributed by atoms with Crippen molar-refractivity contribution in [3.8, 4) is 0 Å². The molecule has 0 spiro atoms. The van der Waals surface area contributed by atoms with Gasteiger partial charge in [0.25, 0.3) is 0 Å². The summed E-state index contributed by atoms with van der Waals surface area (Å²) < 4.78 is 10.5. The molecule has 0 bridgehead atoms. The second-order valence-electron chi connectivity index (χ2n) is 16.7. The second-order valence-corrected chi connectivity index (χ2v) is 16.7. The monoisotopic (exact) mass is 811 g/mol. The van der Waals surface area contributed by atoms with E-state index in [1.54, 1.807) is 53.7 Å². The highest BCUT2D eigenvalue weighted by Crippen LogP contribution is 2.19. The highest BCUT2D eigenvalue weighted by Gasteiger charge is 2.41. The fraction of sp³-hybridized carbons (Fsp3) is 0.643. The van der Waals surface area contributed by atoms with Crippen molar-refractivity contribution in [3.63, 3.8) is 0 Å². The minimum atomic E-state index is -1.15. The molecule has 58 heavy (non-hydrogen) atoms. The Morgan fingerprint density at radius 1 is 0.586 bits per heavy atom. The van der Waals surface area contributed by atoms with Crippen molar-refractivity contribution in [2.24, 2.45) is 23.7 Å². The molecule has 16 nitrogen and oxygen atoms in total. The normalized spacial score (nSPS) is 26.1. The lowest BCUT2D eigenvalue weighted by Crippen LogP contribution is -2.62. The van der Waals surface area contributed by atoms with E-state index < -0.39 is 101 Å². The Bertz CT molecular complexity index is 1710. The standard InChI is InChI=1S/C42H65N7O9/c1-13-26(8)35-39(53)44-33(24(4)5)38(52)45-34(25(6)7)42(56)49(12)31(19-28-14-16-57-21-28)36(50)43-30(18-23(2)3)41(55)47(10)27(9)40(54)48(11)32(37(51)46-35)20-29-15-17-58-22-29/h14-17,21-27,30-35H,13,18-20H2,1-12H3,(H,43,50)(H,44,53)(H,45,52)(H,46,51). The quantitative estimate of drug-likeness (QED) is 0.278. The molecule has 16 heteroatoms. The number of nitrogens with zero attached hydrogens (tertiary/aromatic N) is 3. The second kappa shape index (κ2) is 21.0. The van der Waals surface area contributed by atoms with Crippen LogP contribution in [0.3, 0.4) is 0 Å². The van der Waals surface area contributed by atoms with Crippen LogP contribution < -0.4 is 21.3 Å². The molecule has 8 unspecified atom stereocenters. The number of nitrogens with one attached hydrogen (secondary N) is 4. The number of carbonyl (C=O) groups excluding carboxylic acids is 7. The Morgan fingerprint density at radius 2 is 1.03 bits per heavy atom. The summed E-state index contributed by atoms with van der Waals surface area (Å²) in [4.78, 5) is 103. The van der Waals surface area contributed by atoms with Gasteiger partial charge in [-0.25, -0.2) is 0 Å². The number of likely N-dealkylation sites (N-methyl/N-ethyl adjacent to an activating group) is 3. The van der Waals surface area contributed by atoms with Gasteiger partial charge in [0, 0.05) is 34.0 Å². The summed E-state index contributed by atoms with van der Waals surface area (Å²) in [6.07, 6.45) is 6.58. The van der Waals surface area contributed by atoms with Crippen molar-refractivity contribution < 1.29 is 42.4 Å². The molecule has 8 atom stereocenters. The molecule has 3 rings (SSSR count). The third kappa shape index (κ3) is 11.9. The fourth-order valence-corrected chi connectivity index (χ4v) is 6.95. The van der Waals surface area contributed by atoms with Crippen LogP contribution in [-0.4, -0.2) is 119 Å². The van der Waals surface area contributed by atoms with Gasteiger partial charge >= 0.3 is 0 Å². The maximum Gasteiger partial charge on any atom is 0.245 e. The Balaban J connectivity index is 2.21. The van der Waals surface area contributed by atoms with Crippen molar-refractivity contribution in [1.29, 1.82) is 0 Å². The summed E-state index contributed by atoms with van der Waals surface area (Å²) in [7, 11) is 4.38. The first-order valence-corrected chi connectivity index (χ1v) is 20.2. The highest BCUT2D eigenvalue weighted by atomic mass is 16.3. The smallest absolute Gasteiger partial charge is 0.245 e. The summed E-state index contributed by atoms with van der Waals surface area (Å²) >= 11 is 0. The molecule has 1 saturated heterocycles. The minimum absolute atomic E-state index is 0.0300. The van der Waals surface area contributed by atoms with Gasteiger partial charge in [0.05, 0.1) is 25.1 Å². The zero-order valence-corrected chi connectivity index (χ0v) is 36.2. The highest BCUT2D eigenvalue weighted by molar-refractivity contribution is 5.98. The van der Waals surface area contributed by atoms with Gasteiger partial charge in [-0.1, -0.05) is 61.8 Å². The summed E-state index contributed by atoms with van der Waals surface area (Å²) in [6, 6.07) is -4.46. The lowest BCUT2D eigenvalue weighted by Gasteiger charge is -2.36. The van der Waals surface area contributed by atoms with Crippen LogP contribution >= 0.6 is 0 Å². The van der Waals surface area contributed by atoms with Crippen LogP contribution in [-0.2, 0) is 46.4 Å². The van der Waals surface area contributed by atoms with Gasteiger partial charge in [0.15, 0.2) is 0 Å². The first kappa shape index (κ1) is 47.2. The van der Waals surface area contributed by atoms with E-state index in [4.69, 9.17) is 8.83 Å². The summed E-state index contributed by atoms with van der Waals surface area (Å²) in [5.74, 6) is -5.51. The Labute approximate surface area is 342 Å². The first-order chi connectivity index (χ1) is 27.2. The van der Waals surface area contributed by atoms with Gasteiger partial charge in [0.2, 0.25) is 41.4 Å². The Kier molecular flexibility index (Phi) is 17.1. The molecule has 0 aliphatic carbocycles. The van der Waals surface area contributed by atoms with Crippen molar-refractivity contribution >= 4 is 41.4 Å². The van der Waals surface area contributed by atoms with Gasteiger partial charge in [0.1, 0.15) is 42.3 Å². The predicted molar refractivity (Wildman–Crippen MR) is 216 cm³/mol. The molecule has 4 N–H and O–H groups in total. The average molecular weight is 812 g/mol. The lowest BCUT2D eigenvalue weighted by molar-refractivity contribution is -0.149. The number of rotatable bonds is 10. The molecular formula is C42H65N7O9. The van der Waals surface area contributed by atoms with Crippen LogP contribution in [0.4, 0.5) is 0 Å². The molecule has 0 aromatic carbocycles. The zero-order valence-electron chi connectivity index (χ0n) is 36.2. The number of furan rings is 2. The molecule has 1 fully saturated rings. The predicted octanol–water partition coefficient (Wildman–Crippen LogP) is 2.52. The average Bonchev–Trinajstić information content (AvgIpc) is 3.90. The largest absolute Gasteiger partial charge is 0.472 e. The van der Waals surface area contributed by atoms with E-state index in [1.807, 2.05) is 20.8 Å². The van der Waals surface area contributed by atoms with E-state index in [2.05, 4.69) is 21.3 Å². The van der Waals surface area contributed by atoms with Gasteiger partial charge in [-0.15, -0.1) is 0 Å². The van der Waals surface area contributed by atoms with Crippen LogP contribution in [0.25, 0.3) is 0 Å². The molecule has 2 aromatic rings. The molecule has 1 aliphatic heterocycles. The van der Waals surface area contributed by atoms with Gasteiger partial charge < -0.3 is 44.8 Å². The van der Waals surface area contributed by atoms with Crippen LogP contribution in [0.5, 0.6) is 0 Å². The SMILES string of the molecule is CCC(C)C1NC(=O)C(Cc2ccoc2)N(C)C(=O)C(C)N(C)C(=O)C(CC(C)C)NC(=O)C(Cc2ccoc2)N(C)C(=O)C(C(C)C)NC(=O)C(C(C)C)NC1=O. The van der Waals surface area contributed by atoms with Crippen LogP contribution in [0.2, 0.25) is 0 Å². The third-order valence-electron chi connectivity index (χ3n) is 11.1. The molecular weight excluding hydrogens is 747 g/mol. The van der Waals surface area contributed by atoms with Crippen molar-refractivity contribution in [3.05, 3.63) is 48.3 Å². The van der Waals surface area contributed by atoms with E-state index in [9.17, 15) is 33.6 Å². The summed E-state index contributed by atoms with van der Waals surface area (Å²) in [6.45, 7) is 16.0. The van der Waals surface area contributed by atoms with Gasteiger partial charge in [-0.3, -0.25) is 33.6 Å². The van der Waals surface area contributed by atoms with E-state index in [0.29, 0.717) is 17.5 Å². The molecule has 1 aliphatic rings. The molecule has 0 radical (unpaired) electrons. The molecule has 0 saturated carbocycles. The van der Waals surface area contributed by atoms with E-state index in [-0.39, 0.29) is 25.2 Å². The fourth-order valence-electron chi connectivity index (χ4n) is 6.95. The summed E-state index contributed by atoms with van der Waals surface area (Å²) in [5, 5.41) is 11.4. The Morgan fingerprint density at radius 3 is 1.48 bits per heavy atom. The molecule has 2 aromatic heterocycles. The summed E-state index contributed by atoms with van der Waals surface area (Å²) in [5.41, 5.74) is 1.24.